The van der Waals surface area contributed by atoms with Gasteiger partial charge in [-0.05, 0) is 77.0 Å². The molecule has 0 spiro atoms. The number of halogens is 1. The molecular weight excluding hydrogens is 441 g/mol. The molecule has 0 unspecified atom stereocenters. The Kier molecular flexibility index (Phi) is 6.08. The summed E-state index contributed by atoms with van der Waals surface area (Å²) in [4.78, 5) is 40.7. The molecule has 0 aromatic carbocycles. The number of anilines is 1. The Morgan fingerprint density at radius 1 is 1.26 bits per heavy atom. The number of carbonyl (C=O) groups is 2. The molecule has 2 aromatic rings. The van der Waals surface area contributed by atoms with E-state index in [1.807, 2.05) is 32.6 Å². The van der Waals surface area contributed by atoms with Gasteiger partial charge in [-0.25, -0.2) is 14.0 Å². The Morgan fingerprint density at radius 2 is 1.94 bits per heavy atom. The van der Waals surface area contributed by atoms with Crippen molar-refractivity contribution in [1.82, 2.24) is 9.30 Å². The summed E-state index contributed by atoms with van der Waals surface area (Å²) in [6.07, 6.45) is 3.20. The minimum Gasteiger partial charge on any atom is -0.477 e. The Hall–Kier alpha value is -3.10. The quantitative estimate of drug-likeness (QED) is 0.701. The van der Waals surface area contributed by atoms with E-state index in [-0.39, 0.29) is 23.6 Å². The predicted octanol–water partition coefficient (Wildman–Crippen LogP) is 4.16. The van der Waals surface area contributed by atoms with Crippen molar-refractivity contribution in [3.05, 3.63) is 45.1 Å². The molecular formula is C25H32FN3O5. The van der Waals surface area contributed by atoms with E-state index in [1.165, 1.54) is 6.07 Å². The Labute approximate surface area is 197 Å². The largest absolute Gasteiger partial charge is 0.477 e. The molecule has 184 valence electrons. The van der Waals surface area contributed by atoms with Crippen molar-refractivity contribution in [2.45, 2.75) is 71.4 Å². The van der Waals surface area contributed by atoms with Crippen molar-refractivity contribution in [2.75, 3.05) is 24.5 Å². The van der Waals surface area contributed by atoms with Gasteiger partial charge in [0.05, 0.1) is 23.4 Å². The SMILES string of the molecule is CCN(C(=O)OC(C)(C)C)[C@H]1CCN(c2c(F)cn3c(=O)c(C(=O)O)cc(C4CC4)c3c2C)C1. The molecule has 0 bridgehead atoms. The molecule has 8 nitrogen and oxygen atoms in total. The molecule has 1 saturated heterocycles. The lowest BCUT2D eigenvalue weighted by atomic mass is 10.0. The number of pyridine rings is 2. The molecule has 9 heteroatoms. The monoisotopic (exact) mass is 473 g/mol. The Balaban J connectivity index is 1.72. The molecule has 1 aliphatic carbocycles. The number of likely N-dealkylation sites (N-methyl/N-ethyl adjacent to an activating group) is 1. The first-order valence-electron chi connectivity index (χ1n) is 11.8. The highest BCUT2D eigenvalue weighted by Crippen LogP contribution is 2.44. The normalized spacial score (nSPS) is 18.4. The van der Waals surface area contributed by atoms with E-state index in [4.69, 9.17) is 4.74 Å². The predicted molar refractivity (Wildman–Crippen MR) is 127 cm³/mol. The van der Waals surface area contributed by atoms with E-state index in [2.05, 4.69) is 0 Å². The molecule has 3 heterocycles. The standard InChI is InChI=1S/C25H32FN3O5/c1-6-28(24(33)34-25(3,4)5)16-9-10-27(12-16)21-14(2)20-17(15-7-8-15)11-18(23(31)32)22(30)29(20)13-19(21)26/h11,13,15-16H,6-10,12H2,1-5H3,(H,31,32)/t16-/m0/s1. The van der Waals surface area contributed by atoms with Crippen LogP contribution < -0.4 is 10.5 Å². The number of hydrogen-bond donors (Lipinski definition) is 1. The number of carbonyl (C=O) groups excluding carboxylic acids is 1. The number of aromatic nitrogens is 1. The summed E-state index contributed by atoms with van der Waals surface area (Å²) in [6, 6.07) is 1.33. The van der Waals surface area contributed by atoms with E-state index in [0.717, 1.165) is 29.0 Å². The van der Waals surface area contributed by atoms with Crippen molar-refractivity contribution >= 4 is 23.3 Å². The van der Waals surface area contributed by atoms with E-state index >= 15 is 4.39 Å². The van der Waals surface area contributed by atoms with Crippen LogP contribution in [0.2, 0.25) is 0 Å². The van der Waals surface area contributed by atoms with E-state index in [1.54, 1.807) is 11.8 Å². The van der Waals surface area contributed by atoms with Gasteiger partial charge in [0.15, 0.2) is 5.82 Å². The van der Waals surface area contributed by atoms with Crippen molar-refractivity contribution in [3.8, 4) is 0 Å². The molecule has 1 saturated carbocycles. The average Bonchev–Trinajstić information content (AvgIpc) is 3.46. The van der Waals surface area contributed by atoms with Crippen LogP contribution in [0.15, 0.2) is 17.1 Å². The number of ether oxygens (including phenoxy) is 1. The molecule has 0 radical (unpaired) electrons. The summed E-state index contributed by atoms with van der Waals surface area (Å²) in [5.74, 6) is -1.73. The van der Waals surface area contributed by atoms with E-state index in [9.17, 15) is 19.5 Å². The van der Waals surface area contributed by atoms with Crippen molar-refractivity contribution in [1.29, 1.82) is 0 Å². The highest BCUT2D eigenvalue weighted by molar-refractivity contribution is 5.89. The van der Waals surface area contributed by atoms with Crippen molar-refractivity contribution in [3.63, 3.8) is 0 Å². The first-order chi connectivity index (χ1) is 15.9. The fourth-order valence-corrected chi connectivity index (χ4v) is 4.95. The summed E-state index contributed by atoms with van der Waals surface area (Å²) in [5, 5.41) is 9.48. The maximum atomic E-state index is 15.4. The lowest BCUT2D eigenvalue weighted by molar-refractivity contribution is 0.0190. The molecule has 1 N–H and O–H groups in total. The van der Waals surface area contributed by atoms with Gasteiger partial charge in [-0.2, -0.15) is 0 Å². The van der Waals surface area contributed by atoms with Gasteiger partial charge in [-0.1, -0.05) is 0 Å². The van der Waals surface area contributed by atoms with Crippen LogP contribution in [0.4, 0.5) is 14.9 Å². The maximum Gasteiger partial charge on any atom is 0.410 e. The minimum absolute atomic E-state index is 0.130. The number of rotatable bonds is 5. The molecule has 2 aromatic heterocycles. The summed E-state index contributed by atoms with van der Waals surface area (Å²) < 4.78 is 22.1. The number of carboxylic acid groups (broad SMARTS) is 1. The number of aromatic carboxylic acids is 1. The van der Waals surface area contributed by atoms with Gasteiger partial charge in [-0.3, -0.25) is 9.20 Å². The number of amides is 1. The molecule has 2 aliphatic rings. The third kappa shape index (κ3) is 4.35. The number of fused-ring (bicyclic) bond motifs is 1. The summed E-state index contributed by atoms with van der Waals surface area (Å²) in [7, 11) is 0. The van der Waals surface area contributed by atoms with E-state index < -0.39 is 22.9 Å². The second-order valence-electron chi connectivity index (χ2n) is 10.2. The first-order valence-corrected chi connectivity index (χ1v) is 11.8. The number of carboxylic acids is 1. The van der Waals surface area contributed by atoms with Gasteiger partial charge in [-0.15, -0.1) is 0 Å². The minimum atomic E-state index is -1.31. The number of nitrogens with zero attached hydrogens (tertiary/aromatic N) is 3. The zero-order valence-corrected chi connectivity index (χ0v) is 20.4. The van der Waals surface area contributed by atoms with Crippen LogP contribution in [0.25, 0.3) is 5.52 Å². The topological polar surface area (TPSA) is 91.6 Å². The van der Waals surface area contributed by atoms with Crippen LogP contribution in [0.5, 0.6) is 0 Å². The summed E-state index contributed by atoms with van der Waals surface area (Å²) >= 11 is 0. The fourth-order valence-electron chi connectivity index (χ4n) is 4.95. The highest BCUT2D eigenvalue weighted by Gasteiger charge is 2.35. The van der Waals surface area contributed by atoms with Gasteiger partial charge >= 0.3 is 12.1 Å². The number of hydrogen-bond acceptors (Lipinski definition) is 5. The van der Waals surface area contributed by atoms with Gasteiger partial charge in [0.2, 0.25) is 0 Å². The third-order valence-corrected chi connectivity index (χ3v) is 6.58. The summed E-state index contributed by atoms with van der Waals surface area (Å²) in [5.41, 5.74) is 0.673. The van der Waals surface area contributed by atoms with Gasteiger partial charge in [0, 0.05) is 19.6 Å². The van der Waals surface area contributed by atoms with Crippen molar-refractivity contribution < 1.29 is 23.8 Å². The molecule has 2 fully saturated rings. The molecule has 4 rings (SSSR count). The molecule has 34 heavy (non-hydrogen) atoms. The zero-order chi connectivity index (χ0) is 24.9. The molecule has 1 atom stereocenters. The van der Waals surface area contributed by atoms with Crippen LogP contribution in [0.1, 0.15) is 74.4 Å². The molecule has 1 aliphatic heterocycles. The van der Waals surface area contributed by atoms with Crippen LogP contribution in [-0.4, -0.2) is 57.7 Å². The van der Waals surface area contributed by atoms with Crippen LogP contribution in [0, 0.1) is 12.7 Å². The number of aryl methyl sites for hydroxylation is 1. The second kappa shape index (κ2) is 8.60. The van der Waals surface area contributed by atoms with E-state index in [0.29, 0.717) is 42.8 Å². The lowest BCUT2D eigenvalue weighted by Gasteiger charge is -2.31. The maximum absolute atomic E-state index is 15.4. The molecule has 1 amide bonds. The zero-order valence-electron chi connectivity index (χ0n) is 20.4. The van der Waals surface area contributed by atoms with Crippen molar-refractivity contribution in [2.24, 2.45) is 0 Å². The van der Waals surface area contributed by atoms with Crippen LogP contribution >= 0.6 is 0 Å². The van der Waals surface area contributed by atoms with Gasteiger partial charge in [0.25, 0.3) is 5.56 Å². The van der Waals surface area contributed by atoms with Crippen LogP contribution in [-0.2, 0) is 4.74 Å². The third-order valence-electron chi connectivity index (χ3n) is 6.58. The van der Waals surface area contributed by atoms with Crippen LogP contribution in [0.3, 0.4) is 0 Å². The summed E-state index contributed by atoms with van der Waals surface area (Å²) in [6.45, 7) is 10.6. The Bertz CT molecular complexity index is 1210. The van der Waals surface area contributed by atoms with Gasteiger partial charge in [0.1, 0.15) is 11.2 Å². The van der Waals surface area contributed by atoms with Gasteiger partial charge < -0.3 is 19.6 Å². The highest BCUT2D eigenvalue weighted by atomic mass is 19.1. The smallest absolute Gasteiger partial charge is 0.410 e. The fraction of sp³-hybridized carbons (Fsp3) is 0.560. The Morgan fingerprint density at radius 3 is 2.50 bits per heavy atom. The lowest BCUT2D eigenvalue weighted by Crippen LogP contribution is -2.44. The second-order valence-corrected chi connectivity index (χ2v) is 10.2. The first kappa shape index (κ1) is 24.0. The average molecular weight is 474 g/mol.